The van der Waals surface area contributed by atoms with E-state index < -0.39 is 0 Å². The minimum absolute atomic E-state index is 0.0387. The van der Waals surface area contributed by atoms with E-state index >= 15 is 0 Å². The van der Waals surface area contributed by atoms with Gasteiger partial charge in [-0.05, 0) is 50.7 Å². The molecule has 1 heterocycles. The number of anilines is 1. The van der Waals surface area contributed by atoms with Gasteiger partial charge >= 0.3 is 6.03 Å². The van der Waals surface area contributed by atoms with E-state index in [0.717, 1.165) is 44.7 Å². The number of carbonyl (C=O) groups excluding carboxylic acids is 1. The summed E-state index contributed by atoms with van der Waals surface area (Å²) in [6, 6.07) is 10.0. The Bertz CT molecular complexity index is 691. The summed E-state index contributed by atoms with van der Waals surface area (Å²) in [5.74, 6) is 0. The monoisotopic (exact) mass is 352 g/mol. The summed E-state index contributed by atoms with van der Waals surface area (Å²) < 4.78 is 0. The van der Waals surface area contributed by atoms with Crippen LogP contribution in [0.1, 0.15) is 44.1 Å². The molecule has 1 fully saturated rings. The SMILES string of the molecule is N#Cc1ccccc1N1CCCN(C(=O)NCCC2=CCCCC2)CC1. The van der Waals surface area contributed by atoms with Gasteiger partial charge in [-0.3, -0.25) is 0 Å². The van der Waals surface area contributed by atoms with Crippen LogP contribution in [0.25, 0.3) is 0 Å². The van der Waals surface area contributed by atoms with Gasteiger partial charge in [-0.1, -0.05) is 23.8 Å². The van der Waals surface area contributed by atoms with Crippen molar-refractivity contribution in [3.63, 3.8) is 0 Å². The highest BCUT2D eigenvalue weighted by molar-refractivity contribution is 5.74. The van der Waals surface area contributed by atoms with Crippen molar-refractivity contribution in [3.05, 3.63) is 41.5 Å². The van der Waals surface area contributed by atoms with Crippen LogP contribution < -0.4 is 10.2 Å². The van der Waals surface area contributed by atoms with Crippen molar-refractivity contribution in [2.75, 3.05) is 37.6 Å². The Morgan fingerprint density at radius 2 is 2.00 bits per heavy atom. The molecular formula is C21H28N4O. The lowest BCUT2D eigenvalue weighted by atomic mass is 9.97. The van der Waals surface area contributed by atoms with Crippen molar-refractivity contribution in [3.8, 4) is 6.07 Å². The number of hydrogen-bond donors (Lipinski definition) is 1. The number of nitriles is 1. The van der Waals surface area contributed by atoms with E-state index in [0.29, 0.717) is 12.1 Å². The Balaban J connectivity index is 1.49. The van der Waals surface area contributed by atoms with Crippen LogP contribution in [0.4, 0.5) is 10.5 Å². The molecule has 0 bridgehead atoms. The fourth-order valence-corrected chi connectivity index (χ4v) is 3.78. The van der Waals surface area contributed by atoms with Crippen LogP contribution in [0, 0.1) is 11.3 Å². The summed E-state index contributed by atoms with van der Waals surface area (Å²) in [6.07, 6.45) is 9.19. The molecular weight excluding hydrogens is 324 g/mol. The van der Waals surface area contributed by atoms with Gasteiger partial charge in [0.15, 0.2) is 0 Å². The number of para-hydroxylation sites is 1. The third-order valence-electron chi connectivity index (χ3n) is 5.26. The third-order valence-corrected chi connectivity index (χ3v) is 5.26. The maximum atomic E-state index is 12.5. The summed E-state index contributed by atoms with van der Waals surface area (Å²) >= 11 is 0. The van der Waals surface area contributed by atoms with Crippen molar-refractivity contribution >= 4 is 11.7 Å². The molecule has 1 aliphatic heterocycles. The number of carbonyl (C=O) groups is 1. The van der Waals surface area contributed by atoms with E-state index in [1.807, 2.05) is 29.2 Å². The highest BCUT2D eigenvalue weighted by Crippen LogP contribution is 2.21. The predicted octanol–water partition coefficient (Wildman–Crippen LogP) is 3.67. The van der Waals surface area contributed by atoms with Crippen LogP contribution >= 0.6 is 0 Å². The van der Waals surface area contributed by atoms with Gasteiger partial charge in [0.25, 0.3) is 0 Å². The van der Waals surface area contributed by atoms with Gasteiger partial charge in [-0.15, -0.1) is 0 Å². The topological polar surface area (TPSA) is 59.4 Å². The minimum atomic E-state index is 0.0387. The van der Waals surface area contributed by atoms with E-state index in [1.54, 1.807) is 0 Å². The second-order valence-corrected chi connectivity index (χ2v) is 7.05. The van der Waals surface area contributed by atoms with Crippen molar-refractivity contribution in [2.45, 2.75) is 38.5 Å². The maximum absolute atomic E-state index is 12.5. The summed E-state index contributed by atoms with van der Waals surface area (Å²) in [6.45, 7) is 3.81. The number of benzene rings is 1. The van der Waals surface area contributed by atoms with Gasteiger partial charge in [0.1, 0.15) is 6.07 Å². The molecule has 0 unspecified atom stereocenters. The quantitative estimate of drug-likeness (QED) is 0.841. The summed E-state index contributed by atoms with van der Waals surface area (Å²) in [5, 5.41) is 12.4. The predicted molar refractivity (Wildman–Crippen MR) is 104 cm³/mol. The molecule has 0 atom stereocenters. The molecule has 5 nitrogen and oxygen atoms in total. The number of nitrogens with one attached hydrogen (secondary N) is 1. The molecule has 0 saturated carbocycles. The number of nitrogens with zero attached hydrogens (tertiary/aromatic N) is 3. The smallest absolute Gasteiger partial charge is 0.317 e. The zero-order valence-corrected chi connectivity index (χ0v) is 15.4. The number of rotatable bonds is 4. The van der Waals surface area contributed by atoms with Crippen molar-refractivity contribution in [1.29, 1.82) is 5.26 Å². The van der Waals surface area contributed by atoms with Gasteiger partial charge in [0.05, 0.1) is 11.3 Å². The van der Waals surface area contributed by atoms with Gasteiger partial charge in [-0.25, -0.2) is 4.79 Å². The third kappa shape index (κ3) is 4.78. The number of urea groups is 1. The Morgan fingerprint density at radius 3 is 2.81 bits per heavy atom. The highest BCUT2D eigenvalue weighted by atomic mass is 16.2. The Labute approximate surface area is 156 Å². The first kappa shape index (κ1) is 18.3. The number of hydrogen-bond acceptors (Lipinski definition) is 3. The van der Waals surface area contributed by atoms with E-state index in [-0.39, 0.29) is 6.03 Å². The second-order valence-electron chi connectivity index (χ2n) is 7.05. The molecule has 1 aromatic carbocycles. The standard InChI is InChI=1S/C21H28N4O/c22-17-19-9-4-5-10-20(19)24-13-6-14-25(16-15-24)21(26)23-12-11-18-7-2-1-3-8-18/h4-5,7,9-10H,1-3,6,8,11-16H2,(H,23,26). The van der Waals surface area contributed by atoms with E-state index in [2.05, 4.69) is 22.4 Å². The van der Waals surface area contributed by atoms with Crippen molar-refractivity contribution in [2.24, 2.45) is 0 Å². The van der Waals surface area contributed by atoms with Gasteiger partial charge in [-0.2, -0.15) is 5.26 Å². The van der Waals surface area contributed by atoms with Crippen LogP contribution in [0.5, 0.6) is 0 Å². The first-order valence-electron chi connectivity index (χ1n) is 9.72. The molecule has 2 amide bonds. The Morgan fingerprint density at radius 1 is 1.12 bits per heavy atom. The molecule has 1 saturated heterocycles. The first-order valence-corrected chi connectivity index (χ1v) is 9.72. The fourth-order valence-electron chi connectivity index (χ4n) is 3.78. The van der Waals surface area contributed by atoms with Crippen LogP contribution in [0.15, 0.2) is 35.9 Å². The molecule has 3 rings (SSSR count). The highest BCUT2D eigenvalue weighted by Gasteiger charge is 2.20. The van der Waals surface area contributed by atoms with E-state index in [4.69, 9.17) is 0 Å². The lowest BCUT2D eigenvalue weighted by Gasteiger charge is -2.24. The summed E-state index contributed by atoms with van der Waals surface area (Å²) in [4.78, 5) is 16.6. The molecule has 1 N–H and O–H groups in total. The zero-order chi connectivity index (χ0) is 18.2. The molecule has 1 aromatic rings. The molecule has 26 heavy (non-hydrogen) atoms. The summed E-state index contributed by atoms with van der Waals surface area (Å²) in [5.41, 5.74) is 3.17. The second kappa shape index (κ2) is 9.28. The minimum Gasteiger partial charge on any atom is -0.369 e. The Hall–Kier alpha value is -2.48. The molecule has 0 aromatic heterocycles. The van der Waals surface area contributed by atoms with E-state index in [1.165, 1.54) is 31.3 Å². The van der Waals surface area contributed by atoms with Crippen LogP contribution in [-0.2, 0) is 0 Å². The lowest BCUT2D eigenvalue weighted by molar-refractivity contribution is 0.201. The Kier molecular flexibility index (Phi) is 6.54. The number of allylic oxidation sites excluding steroid dienone is 1. The fraction of sp³-hybridized carbons (Fsp3) is 0.524. The largest absolute Gasteiger partial charge is 0.369 e. The molecule has 0 radical (unpaired) electrons. The van der Waals surface area contributed by atoms with E-state index in [9.17, 15) is 10.1 Å². The van der Waals surface area contributed by atoms with Gasteiger partial charge in [0.2, 0.25) is 0 Å². The zero-order valence-electron chi connectivity index (χ0n) is 15.4. The van der Waals surface area contributed by atoms with Crippen LogP contribution in [0.3, 0.4) is 0 Å². The summed E-state index contributed by atoms with van der Waals surface area (Å²) in [7, 11) is 0. The molecule has 0 spiro atoms. The maximum Gasteiger partial charge on any atom is 0.317 e. The average molecular weight is 352 g/mol. The molecule has 5 heteroatoms. The first-order chi connectivity index (χ1) is 12.8. The lowest BCUT2D eigenvalue weighted by Crippen LogP contribution is -2.42. The van der Waals surface area contributed by atoms with Crippen LogP contribution in [0.2, 0.25) is 0 Å². The van der Waals surface area contributed by atoms with Crippen LogP contribution in [-0.4, -0.2) is 43.7 Å². The normalized spacial score (nSPS) is 17.9. The van der Waals surface area contributed by atoms with Gasteiger partial charge < -0.3 is 15.1 Å². The molecule has 2 aliphatic rings. The van der Waals surface area contributed by atoms with Gasteiger partial charge in [0, 0.05) is 32.7 Å². The average Bonchev–Trinajstić information content (AvgIpc) is 2.95. The number of amides is 2. The van der Waals surface area contributed by atoms with Crippen molar-refractivity contribution in [1.82, 2.24) is 10.2 Å². The molecule has 1 aliphatic carbocycles. The molecule has 138 valence electrons. The van der Waals surface area contributed by atoms with Crippen molar-refractivity contribution < 1.29 is 4.79 Å².